The van der Waals surface area contributed by atoms with E-state index < -0.39 is 0 Å². The van der Waals surface area contributed by atoms with E-state index in [9.17, 15) is 4.79 Å². The summed E-state index contributed by atoms with van der Waals surface area (Å²) in [4.78, 5) is 16.5. The van der Waals surface area contributed by atoms with Crippen molar-refractivity contribution in [2.45, 2.75) is 6.92 Å². The highest BCUT2D eigenvalue weighted by Crippen LogP contribution is 2.16. The van der Waals surface area contributed by atoms with Crippen molar-refractivity contribution in [1.29, 1.82) is 0 Å². The Labute approximate surface area is 133 Å². The van der Waals surface area contributed by atoms with Crippen LogP contribution >= 0.6 is 0 Å². The highest BCUT2D eigenvalue weighted by molar-refractivity contribution is 6.04. The Balaban J connectivity index is 1.81. The molecule has 0 saturated heterocycles. The van der Waals surface area contributed by atoms with Gasteiger partial charge >= 0.3 is 0 Å². The quantitative estimate of drug-likeness (QED) is 0.804. The van der Waals surface area contributed by atoms with E-state index >= 15 is 0 Å². The van der Waals surface area contributed by atoms with Crippen molar-refractivity contribution in [3.8, 4) is 11.6 Å². The second-order valence-corrected chi connectivity index (χ2v) is 4.93. The van der Waals surface area contributed by atoms with E-state index in [2.05, 4.69) is 15.4 Å². The molecule has 2 heterocycles. The Morgan fingerprint density at radius 2 is 1.91 bits per heavy atom. The molecule has 1 aromatic carbocycles. The topological polar surface area (TPSA) is 69.0 Å². The van der Waals surface area contributed by atoms with Crippen molar-refractivity contribution in [3.05, 3.63) is 66.1 Å². The Bertz CT molecular complexity index is 810. The lowest BCUT2D eigenvalue weighted by Gasteiger charge is -2.07. The van der Waals surface area contributed by atoms with Crippen LogP contribution in [0, 0.1) is 6.92 Å². The van der Waals surface area contributed by atoms with Gasteiger partial charge in [0, 0.05) is 6.07 Å². The number of anilines is 1. The molecule has 0 atom stereocenters. The number of methoxy groups -OCH3 is 1. The number of nitrogens with one attached hydrogen (secondary N) is 1. The van der Waals surface area contributed by atoms with Gasteiger partial charge in [0.2, 0.25) is 5.88 Å². The van der Waals surface area contributed by atoms with Gasteiger partial charge in [-0.25, -0.2) is 9.67 Å². The minimum absolute atomic E-state index is 0.225. The highest BCUT2D eigenvalue weighted by Gasteiger charge is 2.15. The predicted molar refractivity (Wildman–Crippen MR) is 87.0 cm³/mol. The van der Waals surface area contributed by atoms with Crippen LogP contribution in [0.3, 0.4) is 0 Å². The van der Waals surface area contributed by atoms with Gasteiger partial charge in [0.05, 0.1) is 42.1 Å². The Morgan fingerprint density at radius 3 is 2.57 bits per heavy atom. The van der Waals surface area contributed by atoms with Gasteiger partial charge in [0.1, 0.15) is 0 Å². The molecule has 0 aliphatic heterocycles. The fourth-order valence-corrected chi connectivity index (χ4v) is 2.24. The standard InChI is InChI=1S/C17H16N4O2/c1-12-15(11-19-21(12)14-6-4-3-5-7-14)17(22)20-13-8-9-16(23-2)18-10-13/h3-11H,1-2H3,(H,20,22). The van der Waals surface area contributed by atoms with Crippen LogP contribution in [0.1, 0.15) is 16.1 Å². The van der Waals surface area contributed by atoms with Crippen LogP contribution in [0.2, 0.25) is 0 Å². The summed E-state index contributed by atoms with van der Waals surface area (Å²) in [5, 5.41) is 7.10. The largest absolute Gasteiger partial charge is 0.481 e. The van der Waals surface area contributed by atoms with Crippen LogP contribution in [-0.4, -0.2) is 27.8 Å². The Kier molecular flexibility index (Phi) is 4.05. The lowest BCUT2D eigenvalue weighted by Crippen LogP contribution is -2.13. The average Bonchev–Trinajstić information content (AvgIpc) is 2.98. The minimum Gasteiger partial charge on any atom is -0.481 e. The minimum atomic E-state index is -0.225. The SMILES string of the molecule is COc1ccc(NC(=O)c2cnn(-c3ccccc3)c2C)cn1. The molecule has 1 amide bonds. The van der Waals surface area contributed by atoms with E-state index in [0.717, 1.165) is 11.4 Å². The summed E-state index contributed by atoms with van der Waals surface area (Å²) in [5.74, 6) is 0.271. The van der Waals surface area contributed by atoms with Gasteiger partial charge in [-0.1, -0.05) is 18.2 Å². The number of para-hydroxylation sites is 1. The second kappa shape index (κ2) is 6.31. The van der Waals surface area contributed by atoms with Crippen LogP contribution in [-0.2, 0) is 0 Å². The monoisotopic (exact) mass is 308 g/mol. The molecule has 0 aliphatic carbocycles. The maximum atomic E-state index is 12.4. The van der Waals surface area contributed by atoms with Gasteiger partial charge in [0.25, 0.3) is 5.91 Å². The molecular weight excluding hydrogens is 292 g/mol. The van der Waals surface area contributed by atoms with Crippen molar-refractivity contribution in [1.82, 2.24) is 14.8 Å². The summed E-state index contributed by atoms with van der Waals surface area (Å²) in [7, 11) is 1.54. The third-order valence-corrected chi connectivity index (χ3v) is 3.46. The van der Waals surface area contributed by atoms with E-state index in [-0.39, 0.29) is 5.91 Å². The van der Waals surface area contributed by atoms with Crippen LogP contribution in [0.15, 0.2) is 54.9 Å². The molecule has 116 valence electrons. The molecule has 0 fully saturated rings. The molecule has 0 unspecified atom stereocenters. The van der Waals surface area contributed by atoms with Crippen LogP contribution < -0.4 is 10.1 Å². The van der Waals surface area contributed by atoms with E-state index in [1.165, 1.54) is 0 Å². The summed E-state index contributed by atoms with van der Waals surface area (Å²) in [6, 6.07) is 13.1. The number of amides is 1. The zero-order valence-electron chi connectivity index (χ0n) is 12.9. The molecule has 1 N–H and O–H groups in total. The molecule has 0 radical (unpaired) electrons. The maximum Gasteiger partial charge on any atom is 0.259 e. The predicted octanol–water partition coefficient (Wildman–Crippen LogP) is 2.84. The number of aromatic nitrogens is 3. The first-order valence-electron chi connectivity index (χ1n) is 7.10. The van der Waals surface area contributed by atoms with Gasteiger partial charge < -0.3 is 10.1 Å². The molecule has 6 nitrogen and oxygen atoms in total. The number of ether oxygens (including phenoxy) is 1. The molecule has 3 rings (SSSR count). The third kappa shape index (κ3) is 3.06. The second-order valence-electron chi connectivity index (χ2n) is 4.93. The molecular formula is C17H16N4O2. The van der Waals surface area contributed by atoms with Crippen LogP contribution in [0.5, 0.6) is 5.88 Å². The molecule has 0 aliphatic rings. The molecule has 6 heteroatoms. The fourth-order valence-electron chi connectivity index (χ4n) is 2.24. The van der Waals surface area contributed by atoms with Gasteiger partial charge in [-0.15, -0.1) is 0 Å². The van der Waals surface area contributed by atoms with Crippen molar-refractivity contribution in [2.75, 3.05) is 12.4 Å². The van der Waals surface area contributed by atoms with E-state index in [1.54, 1.807) is 36.3 Å². The first kappa shape index (κ1) is 14.8. The molecule has 0 saturated carbocycles. The normalized spacial score (nSPS) is 10.3. The highest BCUT2D eigenvalue weighted by atomic mass is 16.5. The number of benzene rings is 1. The molecule has 23 heavy (non-hydrogen) atoms. The van der Waals surface area contributed by atoms with Gasteiger partial charge in [0.15, 0.2) is 0 Å². The smallest absolute Gasteiger partial charge is 0.259 e. The fraction of sp³-hybridized carbons (Fsp3) is 0.118. The van der Waals surface area contributed by atoms with E-state index in [0.29, 0.717) is 17.1 Å². The Hall–Kier alpha value is -3.15. The van der Waals surface area contributed by atoms with E-state index in [4.69, 9.17) is 4.74 Å². The number of hydrogen-bond donors (Lipinski definition) is 1. The first-order chi connectivity index (χ1) is 11.2. The summed E-state index contributed by atoms with van der Waals surface area (Å²) in [6.07, 6.45) is 3.11. The van der Waals surface area contributed by atoms with Gasteiger partial charge in [-0.3, -0.25) is 4.79 Å². The number of hydrogen-bond acceptors (Lipinski definition) is 4. The maximum absolute atomic E-state index is 12.4. The van der Waals surface area contributed by atoms with E-state index in [1.807, 2.05) is 37.3 Å². The van der Waals surface area contributed by atoms with Crippen LogP contribution in [0.4, 0.5) is 5.69 Å². The summed E-state index contributed by atoms with van der Waals surface area (Å²) >= 11 is 0. The summed E-state index contributed by atoms with van der Waals surface area (Å²) < 4.78 is 6.73. The lowest BCUT2D eigenvalue weighted by atomic mass is 10.2. The number of carbonyl (C=O) groups is 1. The van der Waals surface area contributed by atoms with Crippen molar-refractivity contribution in [2.24, 2.45) is 0 Å². The van der Waals surface area contributed by atoms with Crippen molar-refractivity contribution >= 4 is 11.6 Å². The number of carbonyl (C=O) groups excluding carboxylic acids is 1. The molecule has 0 spiro atoms. The number of nitrogens with zero attached hydrogens (tertiary/aromatic N) is 3. The van der Waals surface area contributed by atoms with Gasteiger partial charge in [-0.05, 0) is 25.1 Å². The zero-order chi connectivity index (χ0) is 16.2. The zero-order valence-corrected chi connectivity index (χ0v) is 12.9. The Morgan fingerprint density at radius 1 is 1.13 bits per heavy atom. The summed E-state index contributed by atoms with van der Waals surface area (Å²) in [6.45, 7) is 1.86. The molecule has 2 aromatic heterocycles. The van der Waals surface area contributed by atoms with Crippen molar-refractivity contribution in [3.63, 3.8) is 0 Å². The van der Waals surface area contributed by atoms with Crippen molar-refractivity contribution < 1.29 is 9.53 Å². The number of rotatable bonds is 4. The molecule has 3 aromatic rings. The summed E-state index contributed by atoms with van der Waals surface area (Å²) in [5.41, 5.74) is 2.80. The third-order valence-electron chi connectivity index (χ3n) is 3.46. The van der Waals surface area contributed by atoms with Crippen LogP contribution in [0.25, 0.3) is 5.69 Å². The lowest BCUT2D eigenvalue weighted by molar-refractivity contribution is 0.102. The number of pyridine rings is 1. The first-order valence-corrected chi connectivity index (χ1v) is 7.10. The van der Waals surface area contributed by atoms with Gasteiger partial charge in [-0.2, -0.15) is 5.10 Å². The average molecular weight is 308 g/mol. The molecule has 0 bridgehead atoms.